The van der Waals surface area contributed by atoms with Crippen LogP contribution in [0.3, 0.4) is 0 Å². The SMILES string of the molecule is O=C(CN1CC[C@H](C(=O)CCN2CCCCC2)C1)Nc1ccc(S)cc1. The molecule has 142 valence electrons. The second-order valence-electron chi connectivity index (χ2n) is 7.43. The van der Waals surface area contributed by atoms with Crippen LogP contribution in [0.5, 0.6) is 0 Å². The van der Waals surface area contributed by atoms with E-state index in [2.05, 4.69) is 27.7 Å². The Morgan fingerprint density at radius 3 is 2.50 bits per heavy atom. The zero-order valence-electron chi connectivity index (χ0n) is 15.3. The van der Waals surface area contributed by atoms with Gasteiger partial charge in [0.15, 0.2) is 0 Å². The monoisotopic (exact) mass is 375 g/mol. The van der Waals surface area contributed by atoms with Gasteiger partial charge < -0.3 is 10.2 Å². The van der Waals surface area contributed by atoms with Gasteiger partial charge in [-0.25, -0.2) is 0 Å². The van der Waals surface area contributed by atoms with Crippen molar-refractivity contribution in [2.24, 2.45) is 5.92 Å². The fourth-order valence-corrected chi connectivity index (χ4v) is 3.99. The molecule has 0 aromatic heterocycles. The second-order valence-corrected chi connectivity index (χ2v) is 7.95. The van der Waals surface area contributed by atoms with E-state index in [1.807, 2.05) is 24.3 Å². The lowest BCUT2D eigenvalue weighted by atomic mass is 10.0. The zero-order chi connectivity index (χ0) is 18.4. The van der Waals surface area contributed by atoms with Crippen molar-refractivity contribution in [2.45, 2.75) is 37.0 Å². The first kappa shape index (κ1) is 19.4. The molecule has 2 fully saturated rings. The third kappa shape index (κ3) is 5.83. The van der Waals surface area contributed by atoms with E-state index in [-0.39, 0.29) is 11.8 Å². The Bertz CT molecular complexity index is 614. The van der Waals surface area contributed by atoms with Gasteiger partial charge in [-0.3, -0.25) is 14.5 Å². The highest BCUT2D eigenvalue weighted by molar-refractivity contribution is 7.80. The molecule has 0 aliphatic carbocycles. The van der Waals surface area contributed by atoms with Crippen LogP contribution < -0.4 is 5.32 Å². The number of hydrogen-bond donors (Lipinski definition) is 2. The van der Waals surface area contributed by atoms with Gasteiger partial charge >= 0.3 is 0 Å². The van der Waals surface area contributed by atoms with Gasteiger partial charge in [-0.1, -0.05) is 6.42 Å². The van der Waals surface area contributed by atoms with Crippen LogP contribution in [-0.4, -0.2) is 60.8 Å². The molecule has 1 aromatic carbocycles. The Hall–Kier alpha value is -1.37. The lowest BCUT2D eigenvalue weighted by molar-refractivity contribution is -0.123. The first-order valence-corrected chi connectivity index (χ1v) is 10.1. The zero-order valence-corrected chi connectivity index (χ0v) is 16.2. The number of anilines is 1. The number of amides is 1. The van der Waals surface area contributed by atoms with Crippen molar-refractivity contribution in [2.75, 3.05) is 44.6 Å². The summed E-state index contributed by atoms with van der Waals surface area (Å²) in [6, 6.07) is 7.39. The number of hydrogen-bond acceptors (Lipinski definition) is 5. The summed E-state index contributed by atoms with van der Waals surface area (Å²) in [5.74, 6) is 0.428. The number of carbonyl (C=O) groups is 2. The Kier molecular flexibility index (Phi) is 7.11. The fraction of sp³-hybridized carbons (Fsp3) is 0.600. The van der Waals surface area contributed by atoms with Crippen LogP contribution in [0, 0.1) is 5.92 Å². The first-order chi connectivity index (χ1) is 12.6. The molecule has 2 aliphatic heterocycles. The van der Waals surface area contributed by atoms with Crippen LogP contribution >= 0.6 is 12.6 Å². The molecule has 0 spiro atoms. The van der Waals surface area contributed by atoms with Gasteiger partial charge in [0.1, 0.15) is 5.78 Å². The average Bonchev–Trinajstić information content (AvgIpc) is 3.11. The molecule has 2 heterocycles. The molecule has 1 aromatic rings. The quantitative estimate of drug-likeness (QED) is 0.720. The van der Waals surface area contributed by atoms with Gasteiger partial charge in [-0.05, 0) is 63.2 Å². The molecular weight excluding hydrogens is 346 g/mol. The van der Waals surface area contributed by atoms with Crippen LogP contribution in [-0.2, 0) is 9.59 Å². The van der Waals surface area contributed by atoms with E-state index in [0.717, 1.165) is 43.2 Å². The molecule has 0 unspecified atom stereocenters. The maximum atomic E-state index is 12.5. The third-order valence-electron chi connectivity index (χ3n) is 5.37. The normalized spacial score (nSPS) is 21.7. The lowest BCUT2D eigenvalue weighted by Gasteiger charge is -2.26. The van der Waals surface area contributed by atoms with Crippen LogP contribution in [0.25, 0.3) is 0 Å². The molecule has 1 amide bonds. The topological polar surface area (TPSA) is 52.7 Å². The molecule has 1 atom stereocenters. The third-order valence-corrected chi connectivity index (χ3v) is 5.67. The molecule has 26 heavy (non-hydrogen) atoms. The number of benzene rings is 1. The fourth-order valence-electron chi connectivity index (χ4n) is 3.84. The van der Waals surface area contributed by atoms with E-state index in [1.54, 1.807) is 0 Å². The van der Waals surface area contributed by atoms with E-state index in [1.165, 1.54) is 19.3 Å². The number of Topliss-reactive ketones (excluding diaryl/α,β-unsaturated/α-hetero) is 1. The van der Waals surface area contributed by atoms with Crippen molar-refractivity contribution in [1.29, 1.82) is 0 Å². The molecule has 2 saturated heterocycles. The van der Waals surface area contributed by atoms with E-state index in [0.29, 0.717) is 25.3 Å². The number of thiol groups is 1. The number of piperidine rings is 1. The molecule has 3 rings (SSSR count). The number of ketones is 1. The van der Waals surface area contributed by atoms with Crippen LogP contribution in [0.1, 0.15) is 32.1 Å². The summed E-state index contributed by atoms with van der Waals surface area (Å²) >= 11 is 4.24. The van der Waals surface area contributed by atoms with Crippen molar-refractivity contribution in [1.82, 2.24) is 9.80 Å². The van der Waals surface area contributed by atoms with E-state index in [9.17, 15) is 9.59 Å². The minimum Gasteiger partial charge on any atom is -0.325 e. The number of nitrogens with zero attached hydrogens (tertiary/aromatic N) is 2. The summed E-state index contributed by atoms with van der Waals surface area (Å²) in [7, 11) is 0. The molecular formula is C20H29N3O2S. The van der Waals surface area contributed by atoms with E-state index < -0.39 is 0 Å². The summed E-state index contributed by atoms with van der Waals surface area (Å²) in [5.41, 5.74) is 0.779. The van der Waals surface area contributed by atoms with Gasteiger partial charge in [0.2, 0.25) is 5.91 Å². The standard InChI is InChI=1S/C20H29N3O2S/c24-19(9-13-22-10-2-1-3-11-22)16-8-12-23(14-16)15-20(25)21-17-4-6-18(26)7-5-17/h4-7,16,26H,1-3,8-15H2,(H,21,25)/t16-/m0/s1. The van der Waals surface area contributed by atoms with Gasteiger partial charge in [0.25, 0.3) is 0 Å². The summed E-state index contributed by atoms with van der Waals surface area (Å²) < 4.78 is 0. The maximum Gasteiger partial charge on any atom is 0.238 e. The van der Waals surface area contributed by atoms with Crippen molar-refractivity contribution >= 4 is 30.0 Å². The van der Waals surface area contributed by atoms with E-state index in [4.69, 9.17) is 0 Å². The second kappa shape index (κ2) is 9.53. The minimum absolute atomic E-state index is 0.0293. The molecule has 0 saturated carbocycles. The van der Waals surface area contributed by atoms with Crippen molar-refractivity contribution < 1.29 is 9.59 Å². The van der Waals surface area contributed by atoms with Crippen LogP contribution in [0.2, 0.25) is 0 Å². The Balaban J connectivity index is 1.37. The molecule has 6 heteroatoms. The lowest BCUT2D eigenvalue weighted by Crippen LogP contribution is -2.34. The summed E-state index contributed by atoms with van der Waals surface area (Å²) in [4.78, 5) is 30.1. The summed E-state index contributed by atoms with van der Waals surface area (Å²) in [6.45, 7) is 5.05. The molecule has 5 nitrogen and oxygen atoms in total. The predicted octanol–water partition coefficient (Wildman–Crippen LogP) is 2.68. The molecule has 2 aliphatic rings. The van der Waals surface area contributed by atoms with Crippen molar-refractivity contribution in [3.8, 4) is 0 Å². The molecule has 0 bridgehead atoms. The molecule has 1 N–H and O–H groups in total. The van der Waals surface area contributed by atoms with E-state index >= 15 is 0 Å². The smallest absolute Gasteiger partial charge is 0.238 e. The highest BCUT2D eigenvalue weighted by Gasteiger charge is 2.29. The van der Waals surface area contributed by atoms with Crippen LogP contribution in [0.15, 0.2) is 29.2 Å². The average molecular weight is 376 g/mol. The predicted molar refractivity (Wildman–Crippen MR) is 107 cm³/mol. The summed E-state index contributed by atoms with van der Waals surface area (Å²) in [6.07, 6.45) is 5.37. The van der Waals surface area contributed by atoms with Gasteiger partial charge in [-0.2, -0.15) is 0 Å². The van der Waals surface area contributed by atoms with Crippen molar-refractivity contribution in [3.63, 3.8) is 0 Å². The minimum atomic E-state index is -0.0293. The Morgan fingerprint density at radius 1 is 1.04 bits per heavy atom. The Morgan fingerprint density at radius 2 is 1.77 bits per heavy atom. The number of rotatable bonds is 7. The van der Waals surface area contributed by atoms with Gasteiger partial charge in [0.05, 0.1) is 6.54 Å². The number of carbonyl (C=O) groups excluding carboxylic acids is 2. The number of likely N-dealkylation sites (tertiary alicyclic amines) is 2. The summed E-state index contributed by atoms with van der Waals surface area (Å²) in [5, 5.41) is 2.90. The van der Waals surface area contributed by atoms with Crippen LogP contribution in [0.4, 0.5) is 5.69 Å². The highest BCUT2D eigenvalue weighted by atomic mass is 32.1. The molecule has 0 radical (unpaired) electrons. The van der Waals surface area contributed by atoms with Gasteiger partial charge in [-0.15, -0.1) is 12.6 Å². The van der Waals surface area contributed by atoms with Crippen molar-refractivity contribution in [3.05, 3.63) is 24.3 Å². The first-order valence-electron chi connectivity index (χ1n) is 9.66. The maximum absolute atomic E-state index is 12.5. The highest BCUT2D eigenvalue weighted by Crippen LogP contribution is 2.19. The Labute approximate surface area is 161 Å². The van der Waals surface area contributed by atoms with Gasteiger partial charge in [0, 0.05) is 36.0 Å². The largest absolute Gasteiger partial charge is 0.325 e. The number of nitrogens with one attached hydrogen (secondary N) is 1.